The minimum absolute atomic E-state index is 0.00284. The Morgan fingerprint density at radius 3 is 2.29 bits per heavy atom. The van der Waals surface area contributed by atoms with Crippen LogP contribution in [0.4, 0.5) is 0 Å². The second-order valence-corrected chi connectivity index (χ2v) is 7.43. The summed E-state index contributed by atoms with van der Waals surface area (Å²) in [5.74, 6) is 1.08. The molecule has 0 radical (unpaired) electrons. The zero-order chi connectivity index (χ0) is 17.7. The topological polar surface area (TPSA) is 72.7 Å². The molecule has 0 spiro atoms. The second kappa shape index (κ2) is 8.28. The second-order valence-electron chi connectivity index (χ2n) is 6.48. The van der Waals surface area contributed by atoms with Crippen LogP contribution in [0.5, 0.6) is 0 Å². The normalized spacial score (nSPS) is 12.6. The van der Waals surface area contributed by atoms with Crippen molar-refractivity contribution in [3.63, 3.8) is 0 Å². The molecule has 1 atom stereocenters. The van der Waals surface area contributed by atoms with Crippen molar-refractivity contribution in [2.24, 2.45) is 13.0 Å². The monoisotopic (exact) mass is 347 g/mol. The first-order valence-electron chi connectivity index (χ1n) is 8.13. The Bertz CT molecular complexity index is 666. The van der Waals surface area contributed by atoms with Crippen molar-refractivity contribution in [2.75, 3.05) is 5.75 Å². The van der Waals surface area contributed by atoms with Crippen molar-refractivity contribution in [3.05, 3.63) is 35.4 Å². The van der Waals surface area contributed by atoms with E-state index in [1.54, 1.807) is 11.7 Å². The van der Waals surface area contributed by atoms with Gasteiger partial charge in [0.2, 0.25) is 11.1 Å². The smallest absolute Gasteiger partial charge is 0.230 e. The fraction of sp³-hybridized carbons (Fsp3) is 0.529. The minimum atomic E-state index is -0.0189. The fourth-order valence-corrected chi connectivity index (χ4v) is 3.07. The average Bonchev–Trinajstić information content (AvgIpc) is 2.95. The summed E-state index contributed by atoms with van der Waals surface area (Å²) in [5.41, 5.74) is 2.44. The lowest BCUT2D eigenvalue weighted by Crippen LogP contribution is -2.33. The van der Waals surface area contributed by atoms with E-state index in [0.29, 0.717) is 22.7 Å². The Kier molecular flexibility index (Phi) is 6.36. The third-order valence-corrected chi connectivity index (χ3v) is 4.87. The first kappa shape index (κ1) is 18.4. The summed E-state index contributed by atoms with van der Waals surface area (Å²) in [6.07, 6.45) is 0. The lowest BCUT2D eigenvalue weighted by atomic mass is 9.93. The molecule has 130 valence electrons. The molecule has 1 aromatic heterocycles. The van der Waals surface area contributed by atoms with Gasteiger partial charge in [-0.1, -0.05) is 63.7 Å². The number of hydrogen-bond donors (Lipinski definition) is 1. The highest BCUT2D eigenvalue weighted by Crippen LogP contribution is 2.24. The standard InChI is InChI=1S/C17H25N5OS/c1-11(2)13-6-8-14(9-7-13)16(12(3)4)18-15(23)10-24-17-19-20-21-22(17)5/h6-9,11-12,16H,10H2,1-5H3,(H,18,23). The van der Waals surface area contributed by atoms with Crippen molar-refractivity contribution >= 4 is 17.7 Å². The van der Waals surface area contributed by atoms with Gasteiger partial charge in [-0.3, -0.25) is 4.79 Å². The van der Waals surface area contributed by atoms with Gasteiger partial charge in [0.25, 0.3) is 0 Å². The Morgan fingerprint density at radius 2 is 1.79 bits per heavy atom. The molecule has 0 aliphatic heterocycles. The van der Waals surface area contributed by atoms with Crippen LogP contribution < -0.4 is 5.32 Å². The average molecular weight is 347 g/mol. The molecule has 1 aromatic carbocycles. The summed E-state index contributed by atoms with van der Waals surface area (Å²) in [4.78, 5) is 12.3. The maximum Gasteiger partial charge on any atom is 0.230 e. The maximum atomic E-state index is 12.3. The van der Waals surface area contributed by atoms with Crippen molar-refractivity contribution in [2.45, 2.75) is 44.8 Å². The predicted octanol–water partition coefficient (Wildman–Crippen LogP) is 2.94. The number of aryl methyl sites for hydroxylation is 1. The molecule has 1 N–H and O–H groups in total. The summed E-state index contributed by atoms with van der Waals surface area (Å²) in [7, 11) is 1.76. The van der Waals surface area contributed by atoms with E-state index in [2.05, 4.69) is 72.8 Å². The van der Waals surface area contributed by atoms with E-state index < -0.39 is 0 Å². The number of rotatable bonds is 7. The maximum absolute atomic E-state index is 12.3. The highest BCUT2D eigenvalue weighted by atomic mass is 32.2. The number of hydrogen-bond acceptors (Lipinski definition) is 5. The minimum Gasteiger partial charge on any atom is -0.348 e. The third kappa shape index (κ3) is 4.80. The van der Waals surface area contributed by atoms with Gasteiger partial charge < -0.3 is 5.32 Å². The molecule has 0 saturated carbocycles. The Hall–Kier alpha value is -1.89. The molecule has 0 bridgehead atoms. The van der Waals surface area contributed by atoms with Crippen LogP contribution in [0.15, 0.2) is 29.4 Å². The summed E-state index contributed by atoms with van der Waals surface area (Å²) in [6, 6.07) is 8.50. The first-order chi connectivity index (χ1) is 11.4. The van der Waals surface area contributed by atoms with E-state index >= 15 is 0 Å². The van der Waals surface area contributed by atoms with Crippen molar-refractivity contribution < 1.29 is 4.79 Å². The molecule has 0 fully saturated rings. The molecule has 24 heavy (non-hydrogen) atoms. The van der Waals surface area contributed by atoms with Crippen molar-refractivity contribution in [1.82, 2.24) is 25.5 Å². The molecule has 1 heterocycles. The van der Waals surface area contributed by atoms with Crippen LogP contribution in [-0.4, -0.2) is 31.9 Å². The lowest BCUT2D eigenvalue weighted by Gasteiger charge is -2.23. The first-order valence-corrected chi connectivity index (χ1v) is 9.11. The van der Waals surface area contributed by atoms with Gasteiger partial charge in [0.05, 0.1) is 11.8 Å². The lowest BCUT2D eigenvalue weighted by molar-refractivity contribution is -0.119. The van der Waals surface area contributed by atoms with Gasteiger partial charge in [-0.05, 0) is 33.4 Å². The van der Waals surface area contributed by atoms with Crippen molar-refractivity contribution in [1.29, 1.82) is 0 Å². The zero-order valence-electron chi connectivity index (χ0n) is 14.9. The van der Waals surface area contributed by atoms with Crippen LogP contribution in [0.2, 0.25) is 0 Å². The number of aromatic nitrogens is 4. The molecule has 7 heteroatoms. The summed E-state index contributed by atoms with van der Waals surface area (Å²) >= 11 is 1.33. The Labute approximate surface area is 147 Å². The predicted molar refractivity (Wildman–Crippen MR) is 95.8 cm³/mol. The van der Waals surface area contributed by atoms with Crippen LogP contribution in [0, 0.1) is 5.92 Å². The molecule has 0 aliphatic rings. The number of nitrogens with zero attached hydrogens (tertiary/aromatic N) is 4. The molecular formula is C17H25N5OS. The van der Waals surface area contributed by atoms with Crippen LogP contribution in [0.3, 0.4) is 0 Å². The van der Waals surface area contributed by atoms with Gasteiger partial charge in [-0.25, -0.2) is 4.68 Å². The molecule has 1 unspecified atom stereocenters. The highest BCUT2D eigenvalue weighted by molar-refractivity contribution is 7.99. The number of carbonyl (C=O) groups excluding carboxylic acids is 1. The fourth-order valence-electron chi connectivity index (χ4n) is 2.41. The molecule has 2 rings (SSSR count). The number of tetrazole rings is 1. The summed E-state index contributed by atoms with van der Waals surface area (Å²) < 4.78 is 1.56. The molecular weight excluding hydrogens is 322 g/mol. The molecule has 1 amide bonds. The Balaban J connectivity index is 2.00. The van der Waals surface area contributed by atoms with E-state index in [1.807, 2.05) is 0 Å². The number of nitrogens with one attached hydrogen (secondary N) is 1. The van der Waals surface area contributed by atoms with Crippen LogP contribution in [0.1, 0.15) is 50.8 Å². The number of carbonyl (C=O) groups is 1. The van der Waals surface area contributed by atoms with Crippen LogP contribution in [0.25, 0.3) is 0 Å². The van der Waals surface area contributed by atoms with Gasteiger partial charge >= 0.3 is 0 Å². The highest BCUT2D eigenvalue weighted by Gasteiger charge is 2.19. The quantitative estimate of drug-likeness (QED) is 0.780. The van der Waals surface area contributed by atoms with Crippen LogP contribution in [-0.2, 0) is 11.8 Å². The number of amides is 1. The molecule has 0 aliphatic carbocycles. The van der Waals surface area contributed by atoms with Crippen molar-refractivity contribution in [3.8, 4) is 0 Å². The van der Waals surface area contributed by atoms with E-state index in [4.69, 9.17) is 0 Å². The largest absolute Gasteiger partial charge is 0.348 e. The van der Waals surface area contributed by atoms with Gasteiger partial charge in [0.15, 0.2) is 0 Å². The van der Waals surface area contributed by atoms with Gasteiger partial charge in [0, 0.05) is 7.05 Å². The molecule has 6 nitrogen and oxygen atoms in total. The number of thioether (sulfide) groups is 1. The molecule has 0 saturated heterocycles. The van der Waals surface area contributed by atoms with Gasteiger partial charge in [-0.15, -0.1) is 5.10 Å². The summed E-state index contributed by atoms with van der Waals surface area (Å²) in [5, 5.41) is 15.0. The van der Waals surface area contributed by atoms with Gasteiger partial charge in [-0.2, -0.15) is 0 Å². The summed E-state index contributed by atoms with van der Waals surface area (Å²) in [6.45, 7) is 8.58. The molecule has 2 aromatic rings. The Morgan fingerprint density at radius 1 is 1.17 bits per heavy atom. The number of benzene rings is 1. The van der Waals surface area contributed by atoms with E-state index in [0.717, 1.165) is 5.56 Å². The zero-order valence-corrected chi connectivity index (χ0v) is 15.7. The SMILES string of the molecule is CC(C)c1ccc(C(NC(=O)CSc2nnnn2C)C(C)C)cc1. The van der Waals surface area contributed by atoms with Crippen LogP contribution >= 0.6 is 11.8 Å². The van der Waals surface area contributed by atoms with Gasteiger partial charge in [0.1, 0.15) is 0 Å². The third-order valence-electron chi connectivity index (χ3n) is 3.86. The van der Waals surface area contributed by atoms with E-state index in [1.165, 1.54) is 17.3 Å². The van der Waals surface area contributed by atoms with E-state index in [9.17, 15) is 4.79 Å². The van der Waals surface area contributed by atoms with E-state index in [-0.39, 0.29) is 11.9 Å².